The highest BCUT2D eigenvalue weighted by atomic mass is 32.1. The van der Waals surface area contributed by atoms with Crippen LogP contribution in [0.25, 0.3) is 0 Å². The molecule has 0 aliphatic carbocycles. The van der Waals surface area contributed by atoms with Gasteiger partial charge in [-0.1, -0.05) is 13.8 Å². The second-order valence-corrected chi connectivity index (χ2v) is 4.62. The van der Waals surface area contributed by atoms with Crippen molar-refractivity contribution in [2.75, 3.05) is 6.54 Å². The lowest BCUT2D eigenvalue weighted by atomic mass is 10.1. The summed E-state index contributed by atoms with van der Waals surface area (Å²) in [6, 6.07) is 2.29. The van der Waals surface area contributed by atoms with Crippen molar-refractivity contribution in [1.29, 1.82) is 0 Å². The highest BCUT2D eigenvalue weighted by Gasteiger charge is 2.06. The van der Waals surface area contributed by atoms with Crippen molar-refractivity contribution in [1.82, 2.24) is 0 Å². The molecule has 1 aromatic rings. The van der Waals surface area contributed by atoms with Crippen LogP contribution in [0.3, 0.4) is 0 Å². The summed E-state index contributed by atoms with van der Waals surface area (Å²) in [7, 11) is 0. The average molecular weight is 183 g/mol. The molecule has 1 heterocycles. The van der Waals surface area contributed by atoms with Gasteiger partial charge in [0.15, 0.2) is 0 Å². The third-order valence-electron chi connectivity index (χ3n) is 1.98. The maximum absolute atomic E-state index is 5.52. The molecule has 12 heavy (non-hydrogen) atoms. The van der Waals surface area contributed by atoms with Crippen molar-refractivity contribution in [2.45, 2.75) is 33.1 Å². The molecule has 0 aromatic carbocycles. The zero-order valence-corrected chi connectivity index (χ0v) is 8.87. The highest BCUT2D eigenvalue weighted by molar-refractivity contribution is 7.12. The summed E-state index contributed by atoms with van der Waals surface area (Å²) in [6.45, 7) is 7.40. The molecule has 0 fully saturated rings. The first kappa shape index (κ1) is 9.75. The fraction of sp³-hybridized carbons (Fsp3) is 0.600. The minimum Gasteiger partial charge on any atom is -0.330 e. The Bertz CT molecular complexity index is 250. The van der Waals surface area contributed by atoms with Crippen LogP contribution < -0.4 is 5.73 Å². The Morgan fingerprint density at radius 2 is 2.17 bits per heavy atom. The lowest BCUT2D eigenvalue weighted by Gasteiger charge is -1.97. The van der Waals surface area contributed by atoms with Crippen molar-refractivity contribution in [3.8, 4) is 0 Å². The zero-order chi connectivity index (χ0) is 9.14. The lowest BCUT2D eigenvalue weighted by Crippen LogP contribution is -2.01. The van der Waals surface area contributed by atoms with Gasteiger partial charge in [0.05, 0.1) is 0 Å². The van der Waals surface area contributed by atoms with Gasteiger partial charge < -0.3 is 5.73 Å². The maximum atomic E-state index is 5.52. The largest absolute Gasteiger partial charge is 0.330 e. The molecule has 0 unspecified atom stereocenters. The van der Waals surface area contributed by atoms with E-state index in [4.69, 9.17) is 5.73 Å². The summed E-state index contributed by atoms with van der Waals surface area (Å²) in [5, 5.41) is 0. The van der Waals surface area contributed by atoms with Crippen molar-refractivity contribution in [3.05, 3.63) is 21.4 Å². The van der Waals surface area contributed by atoms with Gasteiger partial charge in [-0.3, -0.25) is 0 Å². The molecule has 2 heteroatoms. The van der Waals surface area contributed by atoms with Gasteiger partial charge >= 0.3 is 0 Å². The Balaban J connectivity index is 2.85. The van der Waals surface area contributed by atoms with E-state index in [9.17, 15) is 0 Å². The summed E-state index contributed by atoms with van der Waals surface area (Å²) in [6.07, 6.45) is 1.03. The van der Waals surface area contributed by atoms with Gasteiger partial charge in [-0.15, -0.1) is 11.3 Å². The van der Waals surface area contributed by atoms with Crippen LogP contribution in [0.2, 0.25) is 0 Å². The number of rotatable bonds is 3. The molecule has 0 bridgehead atoms. The molecule has 1 nitrogen and oxygen atoms in total. The molecular weight excluding hydrogens is 166 g/mol. The van der Waals surface area contributed by atoms with Crippen molar-refractivity contribution in [2.24, 2.45) is 5.73 Å². The van der Waals surface area contributed by atoms with E-state index in [1.165, 1.54) is 15.3 Å². The Labute approximate surface area is 78.6 Å². The normalized spacial score (nSPS) is 11.1. The first-order valence-electron chi connectivity index (χ1n) is 4.44. The third-order valence-corrected chi connectivity index (χ3v) is 3.58. The van der Waals surface area contributed by atoms with E-state index < -0.39 is 0 Å². The second kappa shape index (κ2) is 4.06. The van der Waals surface area contributed by atoms with Crippen molar-refractivity contribution < 1.29 is 0 Å². The number of thiophene rings is 1. The maximum Gasteiger partial charge on any atom is 0.00900 e. The predicted molar refractivity (Wildman–Crippen MR) is 55.9 cm³/mol. The van der Waals surface area contributed by atoms with Crippen LogP contribution in [0.1, 0.15) is 35.1 Å². The first-order chi connectivity index (χ1) is 5.65. The summed E-state index contributed by atoms with van der Waals surface area (Å²) >= 11 is 1.91. The molecule has 0 atom stereocenters. The van der Waals surface area contributed by atoms with E-state index in [0.717, 1.165) is 13.0 Å². The van der Waals surface area contributed by atoms with E-state index in [2.05, 4.69) is 26.8 Å². The summed E-state index contributed by atoms with van der Waals surface area (Å²) in [5.41, 5.74) is 6.93. The molecule has 2 N–H and O–H groups in total. The monoisotopic (exact) mass is 183 g/mol. The van der Waals surface area contributed by atoms with Crippen LogP contribution in [0.15, 0.2) is 6.07 Å². The number of hydrogen-bond donors (Lipinski definition) is 1. The lowest BCUT2D eigenvalue weighted by molar-refractivity contribution is 0.889. The van der Waals surface area contributed by atoms with Crippen LogP contribution in [0, 0.1) is 6.92 Å². The average Bonchev–Trinajstić information content (AvgIpc) is 2.34. The van der Waals surface area contributed by atoms with Gasteiger partial charge in [0.2, 0.25) is 0 Å². The van der Waals surface area contributed by atoms with Gasteiger partial charge in [-0.2, -0.15) is 0 Å². The van der Waals surface area contributed by atoms with Gasteiger partial charge in [0.1, 0.15) is 0 Å². The van der Waals surface area contributed by atoms with Gasteiger partial charge in [-0.25, -0.2) is 0 Å². The molecule has 0 amide bonds. The molecule has 68 valence electrons. The van der Waals surface area contributed by atoms with Crippen LogP contribution in [0.5, 0.6) is 0 Å². The molecule has 0 spiro atoms. The Kier molecular flexibility index (Phi) is 3.29. The predicted octanol–water partition coefficient (Wildman–Crippen LogP) is 2.68. The molecule has 0 aliphatic heterocycles. The molecule has 1 aromatic heterocycles. The van der Waals surface area contributed by atoms with Crippen LogP contribution >= 0.6 is 11.3 Å². The molecular formula is C10H17NS. The molecule has 0 saturated carbocycles. The minimum atomic E-state index is 0.653. The molecule has 0 saturated heterocycles. The van der Waals surface area contributed by atoms with E-state index in [-0.39, 0.29) is 0 Å². The van der Waals surface area contributed by atoms with Gasteiger partial charge in [0, 0.05) is 9.75 Å². The molecule has 0 radical (unpaired) electrons. The van der Waals surface area contributed by atoms with Crippen molar-refractivity contribution in [3.63, 3.8) is 0 Å². The fourth-order valence-electron chi connectivity index (χ4n) is 1.21. The Morgan fingerprint density at radius 1 is 1.50 bits per heavy atom. The molecule has 1 rings (SSSR count). The SMILES string of the molecule is Cc1cc(C(C)C)sc1CCN. The van der Waals surface area contributed by atoms with E-state index >= 15 is 0 Å². The second-order valence-electron chi connectivity index (χ2n) is 3.45. The number of aryl methyl sites for hydroxylation is 1. The van der Waals surface area contributed by atoms with E-state index in [0.29, 0.717) is 5.92 Å². The number of nitrogens with two attached hydrogens (primary N) is 1. The van der Waals surface area contributed by atoms with Crippen LogP contribution in [-0.4, -0.2) is 6.54 Å². The van der Waals surface area contributed by atoms with E-state index in [1.807, 2.05) is 11.3 Å². The topological polar surface area (TPSA) is 26.0 Å². The first-order valence-corrected chi connectivity index (χ1v) is 5.26. The Hall–Kier alpha value is -0.340. The minimum absolute atomic E-state index is 0.653. The summed E-state index contributed by atoms with van der Waals surface area (Å²) in [4.78, 5) is 2.94. The van der Waals surface area contributed by atoms with Crippen molar-refractivity contribution >= 4 is 11.3 Å². The van der Waals surface area contributed by atoms with Crippen LogP contribution in [-0.2, 0) is 6.42 Å². The van der Waals surface area contributed by atoms with Crippen LogP contribution in [0.4, 0.5) is 0 Å². The number of hydrogen-bond acceptors (Lipinski definition) is 2. The fourth-order valence-corrected chi connectivity index (χ4v) is 2.41. The standard InChI is InChI=1S/C10H17NS/c1-7(2)10-6-8(3)9(12-10)4-5-11/h6-7H,4-5,11H2,1-3H3. The third kappa shape index (κ3) is 2.08. The van der Waals surface area contributed by atoms with E-state index in [1.54, 1.807) is 0 Å². The Morgan fingerprint density at radius 3 is 2.58 bits per heavy atom. The summed E-state index contributed by atoms with van der Waals surface area (Å²) in [5.74, 6) is 0.653. The van der Waals surface area contributed by atoms with Gasteiger partial charge in [-0.05, 0) is 37.4 Å². The molecule has 0 aliphatic rings. The smallest absolute Gasteiger partial charge is 0.00900 e. The quantitative estimate of drug-likeness (QED) is 0.766. The highest BCUT2D eigenvalue weighted by Crippen LogP contribution is 2.27. The summed E-state index contributed by atoms with van der Waals surface area (Å²) < 4.78 is 0. The van der Waals surface area contributed by atoms with Gasteiger partial charge in [0.25, 0.3) is 0 Å². The zero-order valence-electron chi connectivity index (χ0n) is 8.05.